The van der Waals surface area contributed by atoms with Crippen molar-refractivity contribution in [3.63, 3.8) is 0 Å². The first-order valence-electron chi connectivity index (χ1n) is 7.45. The minimum Gasteiger partial charge on any atom is -0.383 e. The number of hydrogen-bond donors (Lipinski definition) is 1. The van der Waals surface area contributed by atoms with E-state index in [-0.39, 0.29) is 6.10 Å². The molecule has 1 aliphatic heterocycles. The number of nitrogens with zero attached hydrogens (tertiary/aromatic N) is 3. The number of rotatable bonds is 6. The highest BCUT2D eigenvalue weighted by atomic mass is 16.5. The molecule has 0 aliphatic carbocycles. The van der Waals surface area contributed by atoms with Gasteiger partial charge in [-0.2, -0.15) is 0 Å². The summed E-state index contributed by atoms with van der Waals surface area (Å²) in [4.78, 5) is 11.6. The van der Waals surface area contributed by atoms with Crippen molar-refractivity contribution in [1.82, 2.24) is 20.2 Å². The number of morpholine rings is 1. The monoisotopic (exact) mass is 294 g/mol. The number of likely N-dealkylation sites (N-methyl/N-ethyl adjacent to an activating group) is 1. The van der Waals surface area contributed by atoms with Gasteiger partial charge >= 0.3 is 0 Å². The third-order valence-electron chi connectivity index (χ3n) is 3.78. The number of aromatic nitrogens is 2. The molecular formula is C15H26N4O2. The molecule has 21 heavy (non-hydrogen) atoms. The number of hydrogen-bond acceptors (Lipinski definition) is 6. The molecule has 2 rings (SSSR count). The van der Waals surface area contributed by atoms with Gasteiger partial charge in [0.1, 0.15) is 6.10 Å². The molecule has 1 saturated heterocycles. The second-order valence-corrected chi connectivity index (χ2v) is 5.52. The van der Waals surface area contributed by atoms with Crippen LogP contribution in [-0.2, 0) is 16.0 Å². The molecule has 1 aromatic heterocycles. The Hall–Kier alpha value is -1.08. The van der Waals surface area contributed by atoms with E-state index in [0.717, 1.165) is 50.0 Å². The summed E-state index contributed by atoms with van der Waals surface area (Å²) in [5.74, 6) is 0.803. The van der Waals surface area contributed by atoms with E-state index in [0.29, 0.717) is 6.61 Å². The van der Waals surface area contributed by atoms with Crippen LogP contribution in [0.15, 0.2) is 0 Å². The van der Waals surface area contributed by atoms with Crippen LogP contribution in [0.5, 0.6) is 0 Å². The fourth-order valence-electron chi connectivity index (χ4n) is 2.49. The minimum atomic E-state index is -0.0170. The SMILES string of the molecule is COCCNCc1c(C)nc(C2CN(C)CCO2)nc1C. The van der Waals surface area contributed by atoms with Gasteiger partial charge in [0, 0.05) is 50.2 Å². The van der Waals surface area contributed by atoms with Crippen molar-refractivity contribution in [3.05, 3.63) is 22.8 Å². The fourth-order valence-corrected chi connectivity index (χ4v) is 2.49. The molecule has 0 aromatic carbocycles. The summed E-state index contributed by atoms with van der Waals surface area (Å²) >= 11 is 0. The Morgan fingerprint density at radius 1 is 1.33 bits per heavy atom. The Morgan fingerprint density at radius 3 is 2.67 bits per heavy atom. The van der Waals surface area contributed by atoms with Crippen LogP contribution in [0.2, 0.25) is 0 Å². The third kappa shape index (κ3) is 4.44. The van der Waals surface area contributed by atoms with Gasteiger partial charge in [0.15, 0.2) is 5.82 Å². The van der Waals surface area contributed by atoms with E-state index in [2.05, 4.69) is 27.2 Å². The molecular weight excluding hydrogens is 268 g/mol. The molecule has 6 nitrogen and oxygen atoms in total. The fraction of sp³-hybridized carbons (Fsp3) is 0.733. The summed E-state index contributed by atoms with van der Waals surface area (Å²) in [5, 5.41) is 3.35. The van der Waals surface area contributed by atoms with Gasteiger partial charge < -0.3 is 19.7 Å². The van der Waals surface area contributed by atoms with Gasteiger partial charge in [-0.3, -0.25) is 0 Å². The summed E-state index contributed by atoms with van der Waals surface area (Å²) in [6.07, 6.45) is -0.0170. The molecule has 1 aliphatic rings. The maximum atomic E-state index is 5.80. The topological polar surface area (TPSA) is 59.5 Å². The lowest BCUT2D eigenvalue weighted by molar-refractivity contribution is -0.0256. The summed E-state index contributed by atoms with van der Waals surface area (Å²) in [6.45, 7) is 8.94. The van der Waals surface area contributed by atoms with Gasteiger partial charge in [0.2, 0.25) is 0 Å². The minimum absolute atomic E-state index is 0.0170. The molecule has 0 bridgehead atoms. The summed E-state index contributed by atoms with van der Waals surface area (Å²) in [6, 6.07) is 0. The van der Waals surface area contributed by atoms with E-state index in [4.69, 9.17) is 9.47 Å². The quantitative estimate of drug-likeness (QED) is 0.784. The molecule has 2 heterocycles. The van der Waals surface area contributed by atoms with Crippen LogP contribution in [0.25, 0.3) is 0 Å². The van der Waals surface area contributed by atoms with Crippen molar-refractivity contribution < 1.29 is 9.47 Å². The Kier molecular flexibility index (Phi) is 6.05. The molecule has 6 heteroatoms. The van der Waals surface area contributed by atoms with Crippen LogP contribution in [0.4, 0.5) is 0 Å². The first-order chi connectivity index (χ1) is 10.1. The number of aryl methyl sites for hydroxylation is 2. The first kappa shape index (κ1) is 16.3. The lowest BCUT2D eigenvalue weighted by Gasteiger charge is -2.29. The molecule has 118 valence electrons. The highest BCUT2D eigenvalue weighted by molar-refractivity contribution is 5.24. The highest BCUT2D eigenvalue weighted by Gasteiger charge is 2.23. The molecule has 0 saturated carbocycles. The largest absolute Gasteiger partial charge is 0.383 e. The van der Waals surface area contributed by atoms with Crippen molar-refractivity contribution in [1.29, 1.82) is 0 Å². The van der Waals surface area contributed by atoms with Gasteiger partial charge in [-0.25, -0.2) is 9.97 Å². The Bertz CT molecular complexity index is 444. The molecule has 1 atom stereocenters. The van der Waals surface area contributed by atoms with Gasteiger partial charge in [-0.1, -0.05) is 0 Å². The van der Waals surface area contributed by atoms with Crippen LogP contribution in [0.3, 0.4) is 0 Å². The van der Waals surface area contributed by atoms with Crippen LogP contribution in [0, 0.1) is 13.8 Å². The number of ether oxygens (including phenoxy) is 2. The van der Waals surface area contributed by atoms with Gasteiger partial charge in [-0.05, 0) is 20.9 Å². The van der Waals surface area contributed by atoms with Crippen molar-refractivity contribution >= 4 is 0 Å². The molecule has 0 amide bonds. The average Bonchev–Trinajstić information content (AvgIpc) is 2.45. The average molecular weight is 294 g/mol. The molecule has 1 unspecified atom stereocenters. The van der Waals surface area contributed by atoms with E-state index in [9.17, 15) is 0 Å². The molecule has 1 fully saturated rings. The van der Waals surface area contributed by atoms with Crippen LogP contribution in [-0.4, -0.2) is 61.9 Å². The van der Waals surface area contributed by atoms with Gasteiger partial charge in [0.05, 0.1) is 13.2 Å². The smallest absolute Gasteiger partial charge is 0.158 e. The number of methoxy groups -OCH3 is 1. The van der Waals surface area contributed by atoms with Gasteiger partial charge in [-0.15, -0.1) is 0 Å². The van der Waals surface area contributed by atoms with Crippen LogP contribution in [0.1, 0.15) is 28.9 Å². The normalized spacial score (nSPS) is 19.9. The zero-order chi connectivity index (χ0) is 15.2. The Balaban J connectivity index is 2.05. The van der Waals surface area contributed by atoms with E-state index >= 15 is 0 Å². The highest BCUT2D eigenvalue weighted by Crippen LogP contribution is 2.20. The predicted octanol–water partition coefficient (Wildman–Crippen LogP) is 0.833. The summed E-state index contributed by atoms with van der Waals surface area (Å²) in [5.41, 5.74) is 3.22. The van der Waals surface area contributed by atoms with Crippen molar-refractivity contribution in [2.45, 2.75) is 26.5 Å². The molecule has 1 N–H and O–H groups in total. The second kappa shape index (κ2) is 7.79. The van der Waals surface area contributed by atoms with Crippen molar-refractivity contribution in [3.8, 4) is 0 Å². The zero-order valence-corrected chi connectivity index (χ0v) is 13.5. The van der Waals surface area contributed by atoms with Gasteiger partial charge in [0.25, 0.3) is 0 Å². The molecule has 1 aromatic rings. The lowest BCUT2D eigenvalue weighted by Crippen LogP contribution is -2.36. The first-order valence-corrected chi connectivity index (χ1v) is 7.45. The van der Waals surface area contributed by atoms with E-state index in [1.165, 1.54) is 5.56 Å². The Morgan fingerprint density at radius 2 is 2.05 bits per heavy atom. The summed E-state index contributed by atoms with van der Waals surface area (Å²) in [7, 11) is 3.81. The van der Waals surface area contributed by atoms with Crippen LogP contribution < -0.4 is 5.32 Å². The standard InChI is InChI=1S/C15H26N4O2/c1-11-13(9-16-5-7-20-4)12(2)18-15(17-11)14-10-19(3)6-8-21-14/h14,16H,5-10H2,1-4H3. The molecule has 0 radical (unpaired) electrons. The maximum Gasteiger partial charge on any atom is 0.158 e. The third-order valence-corrected chi connectivity index (χ3v) is 3.78. The van der Waals surface area contributed by atoms with E-state index < -0.39 is 0 Å². The van der Waals surface area contributed by atoms with Crippen molar-refractivity contribution in [2.24, 2.45) is 0 Å². The van der Waals surface area contributed by atoms with E-state index in [1.54, 1.807) is 7.11 Å². The van der Waals surface area contributed by atoms with Crippen molar-refractivity contribution in [2.75, 3.05) is 47.0 Å². The lowest BCUT2D eigenvalue weighted by atomic mass is 10.1. The predicted molar refractivity (Wildman–Crippen MR) is 81.3 cm³/mol. The van der Waals surface area contributed by atoms with Crippen LogP contribution >= 0.6 is 0 Å². The van der Waals surface area contributed by atoms with E-state index in [1.807, 2.05) is 13.8 Å². The molecule has 0 spiro atoms. The summed E-state index contributed by atoms with van der Waals surface area (Å²) < 4.78 is 10.8. The zero-order valence-electron chi connectivity index (χ0n) is 13.5. The maximum absolute atomic E-state index is 5.80. The second-order valence-electron chi connectivity index (χ2n) is 5.52. The Labute approximate surface area is 126 Å². The number of nitrogens with one attached hydrogen (secondary N) is 1.